The van der Waals surface area contributed by atoms with Gasteiger partial charge in [0.15, 0.2) is 0 Å². The van der Waals surface area contributed by atoms with Crippen molar-refractivity contribution in [2.75, 3.05) is 6.54 Å². The standard InChI is InChI=1S/C16H19FN4/c1-2-21-11-12(9-20-21)8-18-6-5-13-10-19-16-4-3-14(17)7-15(13)16/h3-4,7,9-11,18-19H,2,5-6,8H2,1H3. The molecule has 0 atom stereocenters. The minimum Gasteiger partial charge on any atom is -0.361 e. The number of aromatic amines is 1. The van der Waals surface area contributed by atoms with Crippen LogP contribution < -0.4 is 5.32 Å². The Bertz CT molecular complexity index is 729. The van der Waals surface area contributed by atoms with Gasteiger partial charge in [-0.1, -0.05) is 0 Å². The number of H-pyrrole nitrogens is 1. The molecule has 0 bridgehead atoms. The van der Waals surface area contributed by atoms with Crippen molar-refractivity contribution in [3.63, 3.8) is 0 Å². The Kier molecular flexibility index (Phi) is 4.01. The van der Waals surface area contributed by atoms with E-state index in [-0.39, 0.29) is 5.82 Å². The second-order valence-electron chi connectivity index (χ2n) is 5.13. The Morgan fingerprint density at radius 2 is 2.29 bits per heavy atom. The molecule has 0 spiro atoms. The summed E-state index contributed by atoms with van der Waals surface area (Å²) in [6, 6.07) is 4.85. The Morgan fingerprint density at radius 3 is 3.10 bits per heavy atom. The smallest absolute Gasteiger partial charge is 0.123 e. The highest BCUT2D eigenvalue weighted by atomic mass is 19.1. The quantitative estimate of drug-likeness (QED) is 0.684. The molecule has 0 fully saturated rings. The van der Waals surface area contributed by atoms with Crippen LogP contribution in [0.2, 0.25) is 0 Å². The van der Waals surface area contributed by atoms with E-state index in [1.807, 2.05) is 23.3 Å². The summed E-state index contributed by atoms with van der Waals surface area (Å²) in [6.07, 6.45) is 6.76. The molecule has 2 N–H and O–H groups in total. The van der Waals surface area contributed by atoms with Crippen molar-refractivity contribution >= 4 is 10.9 Å². The zero-order chi connectivity index (χ0) is 14.7. The van der Waals surface area contributed by atoms with Gasteiger partial charge in [-0.3, -0.25) is 4.68 Å². The van der Waals surface area contributed by atoms with Crippen molar-refractivity contribution < 1.29 is 4.39 Å². The first-order chi connectivity index (χ1) is 10.3. The lowest BCUT2D eigenvalue weighted by Crippen LogP contribution is -2.16. The number of aryl methyl sites for hydroxylation is 1. The third-order valence-electron chi connectivity index (χ3n) is 3.64. The van der Waals surface area contributed by atoms with Crippen LogP contribution in [-0.4, -0.2) is 21.3 Å². The summed E-state index contributed by atoms with van der Waals surface area (Å²) in [5.74, 6) is -0.191. The highest BCUT2D eigenvalue weighted by Crippen LogP contribution is 2.19. The normalized spacial score (nSPS) is 11.3. The summed E-state index contributed by atoms with van der Waals surface area (Å²) in [5, 5.41) is 8.61. The van der Waals surface area contributed by atoms with E-state index < -0.39 is 0 Å². The monoisotopic (exact) mass is 286 g/mol. The first kappa shape index (κ1) is 13.8. The molecule has 1 aromatic carbocycles. The molecule has 0 aliphatic heterocycles. The van der Waals surface area contributed by atoms with E-state index in [0.717, 1.165) is 42.5 Å². The molecule has 0 saturated carbocycles. The van der Waals surface area contributed by atoms with E-state index in [1.54, 1.807) is 12.1 Å². The summed E-state index contributed by atoms with van der Waals surface area (Å²) in [6.45, 7) is 4.61. The lowest BCUT2D eigenvalue weighted by Gasteiger charge is -2.02. The van der Waals surface area contributed by atoms with Crippen LogP contribution in [0.25, 0.3) is 10.9 Å². The van der Waals surface area contributed by atoms with E-state index in [2.05, 4.69) is 22.3 Å². The third kappa shape index (κ3) is 3.13. The van der Waals surface area contributed by atoms with Crippen molar-refractivity contribution in [2.24, 2.45) is 0 Å². The van der Waals surface area contributed by atoms with Gasteiger partial charge in [0, 0.05) is 41.9 Å². The first-order valence-electron chi connectivity index (χ1n) is 7.24. The lowest BCUT2D eigenvalue weighted by molar-refractivity contribution is 0.629. The molecule has 0 amide bonds. The van der Waals surface area contributed by atoms with Gasteiger partial charge in [0.2, 0.25) is 0 Å². The number of halogens is 1. The summed E-state index contributed by atoms with van der Waals surface area (Å²) in [7, 11) is 0. The Balaban J connectivity index is 1.55. The number of nitrogens with one attached hydrogen (secondary N) is 2. The molecule has 0 radical (unpaired) electrons. The minimum absolute atomic E-state index is 0.191. The largest absolute Gasteiger partial charge is 0.361 e. The van der Waals surface area contributed by atoms with Crippen molar-refractivity contribution in [3.8, 4) is 0 Å². The van der Waals surface area contributed by atoms with Crippen molar-refractivity contribution in [1.29, 1.82) is 0 Å². The number of nitrogens with zero attached hydrogens (tertiary/aromatic N) is 2. The van der Waals surface area contributed by atoms with Gasteiger partial charge in [0.1, 0.15) is 5.82 Å². The predicted octanol–water partition coefficient (Wildman–Crippen LogP) is 2.86. The van der Waals surface area contributed by atoms with Gasteiger partial charge in [0.25, 0.3) is 0 Å². The number of rotatable bonds is 6. The zero-order valence-corrected chi connectivity index (χ0v) is 12.1. The van der Waals surface area contributed by atoms with Crippen LogP contribution in [0.5, 0.6) is 0 Å². The van der Waals surface area contributed by atoms with Crippen LogP contribution in [0.15, 0.2) is 36.8 Å². The molecule has 21 heavy (non-hydrogen) atoms. The fraction of sp³-hybridized carbons (Fsp3) is 0.312. The molecule has 4 nitrogen and oxygen atoms in total. The third-order valence-corrected chi connectivity index (χ3v) is 3.64. The van der Waals surface area contributed by atoms with E-state index >= 15 is 0 Å². The summed E-state index contributed by atoms with van der Waals surface area (Å²) in [4.78, 5) is 3.18. The van der Waals surface area contributed by atoms with Crippen molar-refractivity contribution in [2.45, 2.75) is 26.4 Å². The van der Waals surface area contributed by atoms with Gasteiger partial charge in [-0.2, -0.15) is 5.10 Å². The molecule has 3 aromatic rings. The molecule has 110 valence electrons. The van der Waals surface area contributed by atoms with Crippen LogP contribution in [-0.2, 0) is 19.5 Å². The van der Waals surface area contributed by atoms with Gasteiger partial charge >= 0.3 is 0 Å². The molecular formula is C16H19FN4. The summed E-state index contributed by atoms with van der Waals surface area (Å²) >= 11 is 0. The van der Waals surface area contributed by atoms with Gasteiger partial charge in [-0.25, -0.2) is 4.39 Å². The predicted molar refractivity (Wildman–Crippen MR) is 81.6 cm³/mol. The van der Waals surface area contributed by atoms with Crippen LogP contribution in [0.3, 0.4) is 0 Å². The maximum Gasteiger partial charge on any atom is 0.123 e. The van der Waals surface area contributed by atoms with Crippen molar-refractivity contribution in [1.82, 2.24) is 20.1 Å². The molecule has 0 aliphatic carbocycles. The van der Waals surface area contributed by atoms with E-state index in [4.69, 9.17) is 0 Å². The molecule has 2 heterocycles. The molecule has 2 aromatic heterocycles. The molecule has 3 rings (SSSR count). The van der Waals surface area contributed by atoms with Crippen LogP contribution in [0, 0.1) is 5.82 Å². The van der Waals surface area contributed by atoms with Gasteiger partial charge in [-0.05, 0) is 43.7 Å². The molecule has 0 saturated heterocycles. The second kappa shape index (κ2) is 6.10. The highest BCUT2D eigenvalue weighted by Gasteiger charge is 2.04. The molecule has 5 heteroatoms. The Hall–Kier alpha value is -2.14. The topological polar surface area (TPSA) is 45.6 Å². The fourth-order valence-electron chi connectivity index (χ4n) is 2.48. The summed E-state index contributed by atoms with van der Waals surface area (Å²) < 4.78 is 15.2. The SMILES string of the molecule is CCn1cc(CNCCc2c[nH]c3ccc(F)cc23)cn1. The Labute approximate surface area is 123 Å². The average molecular weight is 286 g/mol. The zero-order valence-electron chi connectivity index (χ0n) is 12.1. The number of hydrogen-bond acceptors (Lipinski definition) is 2. The van der Waals surface area contributed by atoms with Gasteiger partial charge < -0.3 is 10.3 Å². The van der Waals surface area contributed by atoms with Crippen LogP contribution in [0.1, 0.15) is 18.1 Å². The van der Waals surface area contributed by atoms with Crippen LogP contribution >= 0.6 is 0 Å². The van der Waals surface area contributed by atoms with Gasteiger partial charge in [-0.15, -0.1) is 0 Å². The number of fused-ring (bicyclic) bond motifs is 1. The maximum absolute atomic E-state index is 13.3. The lowest BCUT2D eigenvalue weighted by atomic mass is 10.1. The fourth-order valence-corrected chi connectivity index (χ4v) is 2.48. The van der Waals surface area contributed by atoms with Gasteiger partial charge in [0.05, 0.1) is 6.20 Å². The van der Waals surface area contributed by atoms with Crippen molar-refractivity contribution in [3.05, 3.63) is 53.7 Å². The average Bonchev–Trinajstić information content (AvgIpc) is 3.10. The summed E-state index contributed by atoms with van der Waals surface area (Å²) in [5.41, 5.74) is 3.30. The van der Waals surface area contributed by atoms with E-state index in [0.29, 0.717) is 0 Å². The Morgan fingerprint density at radius 1 is 1.38 bits per heavy atom. The first-order valence-corrected chi connectivity index (χ1v) is 7.24. The highest BCUT2D eigenvalue weighted by molar-refractivity contribution is 5.83. The van der Waals surface area contributed by atoms with E-state index in [1.165, 1.54) is 11.6 Å². The maximum atomic E-state index is 13.3. The molecular weight excluding hydrogens is 267 g/mol. The minimum atomic E-state index is -0.191. The molecule has 0 aliphatic rings. The number of benzene rings is 1. The molecule has 0 unspecified atom stereocenters. The number of hydrogen-bond donors (Lipinski definition) is 2. The second-order valence-corrected chi connectivity index (χ2v) is 5.13. The number of aromatic nitrogens is 3. The van der Waals surface area contributed by atoms with Crippen LogP contribution in [0.4, 0.5) is 4.39 Å². The van der Waals surface area contributed by atoms with E-state index in [9.17, 15) is 4.39 Å².